The fraction of sp³-hybridized carbons (Fsp3) is 0.308. The molecule has 2 N–H and O–H groups in total. The van der Waals surface area contributed by atoms with Crippen LogP contribution >= 0.6 is 31.9 Å². The second kappa shape index (κ2) is 12.2. The molecule has 0 aliphatic carbocycles. The van der Waals surface area contributed by atoms with E-state index < -0.39 is 17.9 Å². The number of halogens is 2. The largest absolute Gasteiger partial charge is 0.483 e. The van der Waals surface area contributed by atoms with E-state index in [2.05, 4.69) is 56.6 Å². The Kier molecular flexibility index (Phi) is 9.36. The molecule has 180 valence electrons. The van der Waals surface area contributed by atoms with Gasteiger partial charge in [-0.15, -0.1) is 0 Å². The van der Waals surface area contributed by atoms with Crippen molar-refractivity contribution in [3.63, 3.8) is 0 Å². The summed E-state index contributed by atoms with van der Waals surface area (Å²) in [5, 5.41) is 2.00. The van der Waals surface area contributed by atoms with Gasteiger partial charge in [0.05, 0.1) is 4.47 Å². The van der Waals surface area contributed by atoms with Gasteiger partial charge in [0.15, 0.2) is 12.7 Å². The SMILES string of the molecule is CCC(Oc1ccccc1C(C)CC)C(=O)NNC(=O)COc1ccc2cc(Br)ccc2c1Br. The maximum Gasteiger partial charge on any atom is 0.279 e. The fourth-order valence-corrected chi connectivity index (χ4v) is 4.42. The maximum absolute atomic E-state index is 12.6. The molecule has 2 unspecified atom stereocenters. The molecule has 0 radical (unpaired) electrons. The van der Waals surface area contributed by atoms with Crippen molar-refractivity contribution >= 4 is 54.4 Å². The smallest absolute Gasteiger partial charge is 0.279 e. The molecule has 0 aromatic heterocycles. The third-order valence-electron chi connectivity index (χ3n) is 5.56. The number of nitrogens with one attached hydrogen (secondary N) is 2. The van der Waals surface area contributed by atoms with Crippen LogP contribution in [0.15, 0.2) is 63.5 Å². The van der Waals surface area contributed by atoms with Crippen molar-refractivity contribution in [1.29, 1.82) is 0 Å². The molecule has 0 bridgehead atoms. The van der Waals surface area contributed by atoms with Gasteiger partial charge in [-0.1, -0.05) is 67.0 Å². The number of rotatable bonds is 9. The third-order valence-corrected chi connectivity index (χ3v) is 6.87. The van der Waals surface area contributed by atoms with E-state index in [4.69, 9.17) is 9.47 Å². The minimum Gasteiger partial charge on any atom is -0.483 e. The van der Waals surface area contributed by atoms with Gasteiger partial charge in [0.1, 0.15) is 11.5 Å². The molecule has 2 atom stereocenters. The van der Waals surface area contributed by atoms with Crippen molar-refractivity contribution in [2.24, 2.45) is 0 Å². The first-order valence-corrected chi connectivity index (χ1v) is 12.8. The zero-order valence-corrected chi connectivity index (χ0v) is 22.5. The minimum atomic E-state index is -0.736. The summed E-state index contributed by atoms with van der Waals surface area (Å²) in [6, 6.07) is 17.3. The predicted octanol–water partition coefficient (Wildman–Crippen LogP) is 6.26. The first-order chi connectivity index (χ1) is 16.3. The number of amides is 2. The molecule has 0 aliphatic rings. The number of fused-ring (bicyclic) bond motifs is 1. The van der Waals surface area contributed by atoms with Crippen LogP contribution in [0.4, 0.5) is 0 Å². The molecule has 0 fully saturated rings. The molecule has 0 saturated carbocycles. The predicted molar refractivity (Wildman–Crippen MR) is 141 cm³/mol. The number of para-hydroxylation sites is 1. The Hall–Kier alpha value is -2.58. The average molecular weight is 592 g/mol. The fourth-order valence-electron chi connectivity index (χ4n) is 3.44. The van der Waals surface area contributed by atoms with E-state index in [0.29, 0.717) is 23.8 Å². The Morgan fingerprint density at radius 1 is 0.941 bits per heavy atom. The number of hydrazine groups is 1. The lowest BCUT2D eigenvalue weighted by Gasteiger charge is -2.21. The van der Waals surface area contributed by atoms with E-state index in [-0.39, 0.29) is 6.61 Å². The summed E-state index contributed by atoms with van der Waals surface area (Å²) in [6.45, 7) is 5.83. The minimum absolute atomic E-state index is 0.255. The summed E-state index contributed by atoms with van der Waals surface area (Å²) in [6.07, 6.45) is 0.678. The summed E-state index contributed by atoms with van der Waals surface area (Å²) < 4.78 is 13.4. The van der Waals surface area contributed by atoms with Crippen LogP contribution in [-0.4, -0.2) is 24.5 Å². The molecule has 6 nitrogen and oxygen atoms in total. The lowest BCUT2D eigenvalue weighted by molar-refractivity contribution is -0.134. The van der Waals surface area contributed by atoms with Crippen molar-refractivity contribution in [1.82, 2.24) is 10.9 Å². The zero-order chi connectivity index (χ0) is 24.7. The molecule has 8 heteroatoms. The van der Waals surface area contributed by atoms with Gasteiger partial charge < -0.3 is 9.47 Å². The van der Waals surface area contributed by atoms with E-state index in [0.717, 1.165) is 31.7 Å². The van der Waals surface area contributed by atoms with E-state index >= 15 is 0 Å². The number of carbonyl (C=O) groups is 2. The van der Waals surface area contributed by atoms with E-state index in [1.54, 1.807) is 6.07 Å². The highest BCUT2D eigenvalue weighted by atomic mass is 79.9. The Balaban J connectivity index is 1.55. The topological polar surface area (TPSA) is 76.7 Å². The van der Waals surface area contributed by atoms with Crippen LogP contribution < -0.4 is 20.3 Å². The summed E-state index contributed by atoms with van der Waals surface area (Å²) >= 11 is 7.00. The Morgan fingerprint density at radius 3 is 2.44 bits per heavy atom. The van der Waals surface area contributed by atoms with Gasteiger partial charge >= 0.3 is 0 Å². The summed E-state index contributed by atoms with van der Waals surface area (Å²) in [5.74, 6) is 0.622. The summed E-state index contributed by atoms with van der Waals surface area (Å²) in [4.78, 5) is 24.9. The van der Waals surface area contributed by atoms with Crippen LogP contribution in [0.5, 0.6) is 11.5 Å². The number of hydrogen-bond acceptors (Lipinski definition) is 4. The number of hydrogen-bond donors (Lipinski definition) is 2. The van der Waals surface area contributed by atoms with Crippen LogP contribution in [0.1, 0.15) is 45.1 Å². The highest BCUT2D eigenvalue weighted by Crippen LogP contribution is 2.34. The number of ether oxygens (including phenoxy) is 2. The maximum atomic E-state index is 12.6. The van der Waals surface area contributed by atoms with Crippen molar-refractivity contribution < 1.29 is 19.1 Å². The Morgan fingerprint density at radius 2 is 1.71 bits per heavy atom. The van der Waals surface area contributed by atoms with Crippen LogP contribution in [0.25, 0.3) is 10.8 Å². The van der Waals surface area contributed by atoms with Crippen molar-refractivity contribution in [2.75, 3.05) is 6.61 Å². The molecular weight excluding hydrogens is 564 g/mol. The Labute approximate surface area is 216 Å². The van der Waals surface area contributed by atoms with Gasteiger partial charge in [-0.25, -0.2) is 0 Å². The molecule has 3 aromatic carbocycles. The lowest BCUT2D eigenvalue weighted by atomic mass is 9.98. The third kappa shape index (κ3) is 6.51. The lowest BCUT2D eigenvalue weighted by Crippen LogP contribution is -2.49. The normalized spacial score (nSPS) is 12.6. The van der Waals surface area contributed by atoms with Crippen molar-refractivity contribution in [2.45, 2.75) is 45.6 Å². The summed E-state index contributed by atoms with van der Waals surface area (Å²) in [5.41, 5.74) is 5.90. The molecular formula is C26H28Br2N2O4. The Bertz CT molecular complexity index is 1170. The second-order valence-corrected chi connectivity index (χ2v) is 9.64. The van der Waals surface area contributed by atoms with Gasteiger partial charge in [0.2, 0.25) is 0 Å². The van der Waals surface area contributed by atoms with Crippen molar-refractivity contribution in [3.8, 4) is 11.5 Å². The van der Waals surface area contributed by atoms with Crippen molar-refractivity contribution in [3.05, 3.63) is 69.1 Å². The van der Waals surface area contributed by atoms with Gasteiger partial charge in [0, 0.05) is 4.47 Å². The van der Waals surface area contributed by atoms with Crippen LogP contribution in [0.2, 0.25) is 0 Å². The second-order valence-electron chi connectivity index (χ2n) is 7.93. The van der Waals surface area contributed by atoms with Crippen LogP contribution in [0.3, 0.4) is 0 Å². The average Bonchev–Trinajstić information content (AvgIpc) is 2.85. The molecule has 0 aliphatic heterocycles. The van der Waals surface area contributed by atoms with E-state index in [9.17, 15) is 9.59 Å². The van der Waals surface area contributed by atoms with Gasteiger partial charge in [-0.2, -0.15) is 0 Å². The molecule has 2 amide bonds. The first-order valence-electron chi connectivity index (χ1n) is 11.2. The highest BCUT2D eigenvalue weighted by molar-refractivity contribution is 9.11. The van der Waals surface area contributed by atoms with E-state index in [1.165, 1.54) is 0 Å². The highest BCUT2D eigenvalue weighted by Gasteiger charge is 2.21. The van der Waals surface area contributed by atoms with Crippen LogP contribution in [-0.2, 0) is 9.59 Å². The molecule has 0 heterocycles. The molecule has 0 saturated heterocycles. The van der Waals surface area contributed by atoms with Crippen LogP contribution in [0, 0.1) is 0 Å². The van der Waals surface area contributed by atoms with Gasteiger partial charge in [-0.05, 0) is 75.3 Å². The zero-order valence-electron chi connectivity index (χ0n) is 19.4. The summed E-state index contributed by atoms with van der Waals surface area (Å²) in [7, 11) is 0. The monoisotopic (exact) mass is 590 g/mol. The standard InChI is InChI=1S/C26H28Br2N2O4/c1-4-16(3)19-8-6-7-9-22(19)34-21(5-2)26(32)30-29-24(31)15-33-23-13-10-17-14-18(27)11-12-20(17)25(23)28/h6-14,16,21H,4-5,15H2,1-3H3,(H,29,31)(H,30,32). The number of benzene rings is 3. The van der Waals surface area contributed by atoms with Gasteiger partial charge in [-0.3, -0.25) is 20.4 Å². The van der Waals surface area contributed by atoms with E-state index in [1.807, 2.05) is 55.5 Å². The van der Waals surface area contributed by atoms with Gasteiger partial charge in [0.25, 0.3) is 11.8 Å². The molecule has 34 heavy (non-hydrogen) atoms. The number of carbonyl (C=O) groups excluding carboxylic acids is 2. The molecule has 3 aromatic rings. The molecule has 3 rings (SSSR count). The quantitative estimate of drug-likeness (QED) is 0.288. The molecule has 0 spiro atoms. The first kappa shape index (κ1) is 26.0.